The van der Waals surface area contributed by atoms with Gasteiger partial charge in [0.25, 0.3) is 0 Å². The topological polar surface area (TPSA) is 37.4 Å². The molecule has 0 N–H and O–H groups in total. The molecule has 0 saturated heterocycles. The standard InChI is InChI=1S/C16H23NO2S/c1-17(13-7-10-14-8-4-3-5-9-14)15-11-6-12-16(15)20(2,18)19/h3-5,7-10,15-16H,6,11-13H2,1-2H3/b10-7+/t15-,16-/m0/s1. The molecule has 0 bridgehead atoms. The van der Waals surface area contributed by atoms with Gasteiger partial charge >= 0.3 is 0 Å². The van der Waals surface area contributed by atoms with E-state index in [1.54, 1.807) is 0 Å². The van der Waals surface area contributed by atoms with Crippen LogP contribution in [0.15, 0.2) is 36.4 Å². The average Bonchev–Trinajstić information content (AvgIpc) is 2.89. The van der Waals surface area contributed by atoms with Crippen molar-refractivity contribution in [3.05, 3.63) is 42.0 Å². The molecule has 0 aromatic heterocycles. The van der Waals surface area contributed by atoms with E-state index < -0.39 is 9.84 Å². The number of likely N-dealkylation sites (N-methyl/N-ethyl adjacent to an activating group) is 1. The molecule has 1 aromatic rings. The summed E-state index contributed by atoms with van der Waals surface area (Å²) in [7, 11) is -0.922. The Hall–Kier alpha value is -1.13. The van der Waals surface area contributed by atoms with E-state index in [9.17, 15) is 8.42 Å². The van der Waals surface area contributed by atoms with Gasteiger partial charge in [-0.2, -0.15) is 0 Å². The van der Waals surface area contributed by atoms with E-state index in [1.807, 2.05) is 25.2 Å². The van der Waals surface area contributed by atoms with Crippen LogP contribution in [0.1, 0.15) is 24.8 Å². The Labute approximate surface area is 122 Å². The van der Waals surface area contributed by atoms with Crippen LogP contribution < -0.4 is 0 Å². The molecule has 2 rings (SSSR count). The number of hydrogen-bond acceptors (Lipinski definition) is 3. The first kappa shape index (κ1) is 15.3. The van der Waals surface area contributed by atoms with Gasteiger partial charge in [0.15, 0.2) is 9.84 Å². The molecule has 0 aliphatic heterocycles. The van der Waals surface area contributed by atoms with E-state index in [4.69, 9.17) is 0 Å². The molecule has 1 aliphatic carbocycles. The lowest BCUT2D eigenvalue weighted by Crippen LogP contribution is -2.41. The van der Waals surface area contributed by atoms with E-state index in [-0.39, 0.29) is 11.3 Å². The van der Waals surface area contributed by atoms with Gasteiger partial charge in [0.05, 0.1) is 5.25 Å². The Morgan fingerprint density at radius 1 is 1.25 bits per heavy atom. The largest absolute Gasteiger partial charge is 0.298 e. The molecule has 110 valence electrons. The first-order chi connectivity index (χ1) is 9.48. The first-order valence-electron chi connectivity index (χ1n) is 7.09. The van der Waals surface area contributed by atoms with Gasteiger partial charge in [-0.3, -0.25) is 4.90 Å². The van der Waals surface area contributed by atoms with E-state index in [0.717, 1.165) is 25.8 Å². The quantitative estimate of drug-likeness (QED) is 0.837. The number of benzene rings is 1. The van der Waals surface area contributed by atoms with Crippen molar-refractivity contribution < 1.29 is 8.42 Å². The third-order valence-electron chi connectivity index (χ3n) is 4.04. The van der Waals surface area contributed by atoms with Crippen LogP contribution in [0.25, 0.3) is 6.08 Å². The summed E-state index contributed by atoms with van der Waals surface area (Å²) in [5, 5.41) is -0.197. The second-order valence-corrected chi connectivity index (χ2v) is 7.88. The van der Waals surface area contributed by atoms with E-state index in [2.05, 4.69) is 29.2 Å². The van der Waals surface area contributed by atoms with Crippen LogP contribution in [0, 0.1) is 0 Å². The third-order valence-corrected chi connectivity index (χ3v) is 5.69. The van der Waals surface area contributed by atoms with Crippen molar-refractivity contribution in [2.24, 2.45) is 0 Å². The van der Waals surface area contributed by atoms with Crippen LogP contribution in [-0.4, -0.2) is 44.5 Å². The van der Waals surface area contributed by atoms with Crippen LogP contribution in [0.2, 0.25) is 0 Å². The van der Waals surface area contributed by atoms with Gasteiger partial charge in [0.1, 0.15) is 0 Å². The molecule has 1 aliphatic rings. The highest BCUT2D eigenvalue weighted by molar-refractivity contribution is 7.91. The molecule has 0 spiro atoms. The molecule has 1 aromatic carbocycles. The fourth-order valence-electron chi connectivity index (χ4n) is 2.96. The minimum absolute atomic E-state index is 0.158. The molecule has 2 atom stereocenters. The van der Waals surface area contributed by atoms with E-state index in [0.29, 0.717) is 0 Å². The lowest BCUT2D eigenvalue weighted by atomic mass is 10.2. The molecule has 1 saturated carbocycles. The number of sulfone groups is 1. The molecule has 20 heavy (non-hydrogen) atoms. The van der Waals surface area contributed by atoms with Gasteiger partial charge in [0, 0.05) is 18.8 Å². The van der Waals surface area contributed by atoms with Crippen molar-refractivity contribution in [2.45, 2.75) is 30.6 Å². The summed E-state index contributed by atoms with van der Waals surface area (Å²) < 4.78 is 23.6. The maximum atomic E-state index is 11.8. The summed E-state index contributed by atoms with van der Waals surface area (Å²) in [6.45, 7) is 0.783. The summed E-state index contributed by atoms with van der Waals surface area (Å²) in [6, 6.07) is 10.3. The predicted molar refractivity (Wildman–Crippen MR) is 84.4 cm³/mol. The van der Waals surface area contributed by atoms with Crippen LogP contribution in [-0.2, 0) is 9.84 Å². The van der Waals surface area contributed by atoms with Crippen LogP contribution in [0.4, 0.5) is 0 Å². The highest BCUT2D eigenvalue weighted by Gasteiger charge is 2.36. The zero-order chi connectivity index (χ0) is 14.6. The van der Waals surface area contributed by atoms with Crippen LogP contribution >= 0.6 is 0 Å². The zero-order valence-corrected chi connectivity index (χ0v) is 13.0. The fraction of sp³-hybridized carbons (Fsp3) is 0.500. The molecular formula is C16H23NO2S. The fourth-order valence-corrected chi connectivity index (χ4v) is 4.47. The third kappa shape index (κ3) is 3.93. The monoisotopic (exact) mass is 293 g/mol. The molecule has 0 heterocycles. The van der Waals surface area contributed by atoms with Crippen molar-refractivity contribution in [3.63, 3.8) is 0 Å². The summed E-state index contributed by atoms with van der Waals surface area (Å²) in [5.41, 5.74) is 1.17. The molecule has 0 unspecified atom stereocenters. The van der Waals surface area contributed by atoms with Crippen molar-refractivity contribution >= 4 is 15.9 Å². The lowest BCUT2D eigenvalue weighted by Gasteiger charge is -2.27. The minimum atomic E-state index is -2.94. The van der Waals surface area contributed by atoms with Crippen molar-refractivity contribution in [3.8, 4) is 0 Å². The van der Waals surface area contributed by atoms with Crippen LogP contribution in [0.5, 0.6) is 0 Å². The van der Waals surface area contributed by atoms with E-state index >= 15 is 0 Å². The number of rotatable bonds is 5. The van der Waals surface area contributed by atoms with Gasteiger partial charge in [-0.1, -0.05) is 48.9 Å². The highest BCUT2D eigenvalue weighted by Crippen LogP contribution is 2.28. The Balaban J connectivity index is 1.95. The Kier molecular flexibility index (Phi) is 5.00. The van der Waals surface area contributed by atoms with Crippen molar-refractivity contribution in [1.82, 2.24) is 4.90 Å². The second-order valence-electron chi connectivity index (χ2n) is 5.62. The lowest BCUT2D eigenvalue weighted by molar-refractivity contribution is 0.272. The minimum Gasteiger partial charge on any atom is -0.298 e. The normalized spacial score (nSPS) is 23.8. The zero-order valence-electron chi connectivity index (χ0n) is 12.2. The van der Waals surface area contributed by atoms with Gasteiger partial charge in [-0.15, -0.1) is 0 Å². The van der Waals surface area contributed by atoms with Gasteiger partial charge < -0.3 is 0 Å². The Morgan fingerprint density at radius 3 is 2.60 bits per heavy atom. The number of hydrogen-bond donors (Lipinski definition) is 0. The van der Waals surface area contributed by atoms with Crippen molar-refractivity contribution in [2.75, 3.05) is 19.8 Å². The SMILES string of the molecule is CN(C/C=C/c1ccccc1)[C@H]1CCC[C@@H]1S(C)(=O)=O. The van der Waals surface area contributed by atoms with Crippen molar-refractivity contribution in [1.29, 1.82) is 0 Å². The smallest absolute Gasteiger partial charge is 0.151 e. The molecule has 0 amide bonds. The maximum Gasteiger partial charge on any atom is 0.151 e. The van der Waals surface area contributed by atoms with Gasteiger partial charge in [0.2, 0.25) is 0 Å². The summed E-state index contributed by atoms with van der Waals surface area (Å²) >= 11 is 0. The number of nitrogens with zero attached hydrogens (tertiary/aromatic N) is 1. The molecular weight excluding hydrogens is 270 g/mol. The summed E-state index contributed by atoms with van der Waals surface area (Å²) in [6.07, 6.45) is 8.34. The summed E-state index contributed by atoms with van der Waals surface area (Å²) in [4.78, 5) is 2.16. The predicted octanol–water partition coefficient (Wildman–Crippen LogP) is 2.60. The Morgan fingerprint density at radius 2 is 1.95 bits per heavy atom. The maximum absolute atomic E-state index is 11.8. The van der Waals surface area contributed by atoms with E-state index in [1.165, 1.54) is 11.8 Å². The summed E-state index contributed by atoms with van der Waals surface area (Å²) in [5.74, 6) is 0. The Bertz CT molecular complexity index is 551. The van der Waals surface area contributed by atoms with Crippen LogP contribution in [0.3, 0.4) is 0 Å². The first-order valence-corrected chi connectivity index (χ1v) is 9.04. The van der Waals surface area contributed by atoms with Gasteiger partial charge in [-0.05, 0) is 25.5 Å². The average molecular weight is 293 g/mol. The molecule has 3 nitrogen and oxygen atoms in total. The molecule has 4 heteroatoms. The van der Waals surface area contributed by atoms with Gasteiger partial charge in [-0.25, -0.2) is 8.42 Å². The molecule has 1 fully saturated rings. The molecule has 0 radical (unpaired) electrons. The second kappa shape index (κ2) is 6.55. The highest BCUT2D eigenvalue weighted by atomic mass is 32.2.